The standard InChI is InChI=1S/C14H15Cl2N3OS/c1-7-10(13(20)19(2)3)12(18-14(21)17-7)11-8(15)5-4-6-9(11)16/h4-6,12H,1-3H3,(H2,17,18,21)/t12-/m1/s1. The summed E-state index contributed by atoms with van der Waals surface area (Å²) in [6.45, 7) is 1.81. The molecule has 1 aliphatic rings. The zero-order valence-corrected chi connectivity index (χ0v) is 14.2. The fraction of sp³-hybridized carbons (Fsp3) is 0.286. The highest BCUT2D eigenvalue weighted by molar-refractivity contribution is 7.80. The lowest BCUT2D eigenvalue weighted by molar-refractivity contribution is -0.125. The number of allylic oxidation sites excluding steroid dienone is 1. The van der Waals surface area contributed by atoms with E-state index in [1.807, 2.05) is 6.92 Å². The number of rotatable bonds is 2. The molecule has 0 bridgehead atoms. The smallest absolute Gasteiger partial charge is 0.253 e. The van der Waals surface area contributed by atoms with Gasteiger partial charge in [0.2, 0.25) is 0 Å². The van der Waals surface area contributed by atoms with Gasteiger partial charge in [0.25, 0.3) is 5.91 Å². The summed E-state index contributed by atoms with van der Waals surface area (Å²) in [7, 11) is 3.39. The molecule has 0 saturated carbocycles. The maximum atomic E-state index is 12.5. The monoisotopic (exact) mass is 343 g/mol. The number of hydrogen-bond acceptors (Lipinski definition) is 2. The van der Waals surface area contributed by atoms with E-state index in [1.54, 1.807) is 32.3 Å². The Morgan fingerprint density at radius 3 is 2.38 bits per heavy atom. The van der Waals surface area contributed by atoms with E-state index in [2.05, 4.69) is 10.6 Å². The molecule has 0 saturated heterocycles. The molecule has 0 unspecified atom stereocenters. The molecule has 0 fully saturated rings. The van der Waals surface area contributed by atoms with E-state index in [1.165, 1.54) is 4.90 Å². The number of hydrogen-bond donors (Lipinski definition) is 2. The molecule has 7 heteroatoms. The van der Waals surface area contributed by atoms with Crippen LogP contribution in [0.5, 0.6) is 0 Å². The predicted molar refractivity (Wildman–Crippen MR) is 89.5 cm³/mol. The van der Waals surface area contributed by atoms with Gasteiger partial charge in [-0.15, -0.1) is 0 Å². The van der Waals surface area contributed by atoms with Crippen LogP contribution in [0.4, 0.5) is 0 Å². The summed E-state index contributed by atoms with van der Waals surface area (Å²) in [5.41, 5.74) is 1.89. The lowest BCUT2D eigenvalue weighted by Crippen LogP contribution is -2.46. The van der Waals surface area contributed by atoms with Crippen LogP contribution >= 0.6 is 35.4 Å². The van der Waals surface area contributed by atoms with Gasteiger partial charge in [0.05, 0.1) is 11.6 Å². The van der Waals surface area contributed by atoms with Crippen molar-refractivity contribution in [3.05, 3.63) is 45.1 Å². The molecule has 1 atom stereocenters. The van der Waals surface area contributed by atoms with Crippen molar-refractivity contribution in [2.24, 2.45) is 0 Å². The zero-order valence-electron chi connectivity index (χ0n) is 11.8. The van der Waals surface area contributed by atoms with Crippen molar-refractivity contribution in [3.8, 4) is 0 Å². The number of nitrogens with zero attached hydrogens (tertiary/aromatic N) is 1. The van der Waals surface area contributed by atoms with Crippen LogP contribution in [0.3, 0.4) is 0 Å². The van der Waals surface area contributed by atoms with Crippen LogP contribution in [0.1, 0.15) is 18.5 Å². The van der Waals surface area contributed by atoms with Crippen molar-refractivity contribution >= 4 is 46.4 Å². The van der Waals surface area contributed by atoms with Crippen molar-refractivity contribution in [1.82, 2.24) is 15.5 Å². The van der Waals surface area contributed by atoms with Gasteiger partial charge < -0.3 is 15.5 Å². The van der Waals surface area contributed by atoms with E-state index in [0.717, 1.165) is 0 Å². The summed E-state index contributed by atoms with van der Waals surface area (Å²) in [4.78, 5) is 14.0. The summed E-state index contributed by atoms with van der Waals surface area (Å²) in [6.07, 6.45) is 0. The second kappa shape index (κ2) is 6.22. The summed E-state index contributed by atoms with van der Waals surface area (Å²) in [5.74, 6) is -0.129. The van der Waals surface area contributed by atoms with Crippen molar-refractivity contribution < 1.29 is 4.79 Å². The molecule has 4 nitrogen and oxygen atoms in total. The lowest BCUT2D eigenvalue weighted by atomic mass is 9.94. The van der Waals surface area contributed by atoms with Gasteiger partial charge in [-0.25, -0.2) is 0 Å². The van der Waals surface area contributed by atoms with Gasteiger partial charge in [-0.1, -0.05) is 29.3 Å². The first-order chi connectivity index (χ1) is 9.82. The van der Waals surface area contributed by atoms with Crippen molar-refractivity contribution in [1.29, 1.82) is 0 Å². The Labute approximate surface area is 139 Å². The fourth-order valence-corrected chi connectivity index (χ4v) is 3.11. The normalized spacial score (nSPS) is 18.1. The summed E-state index contributed by atoms with van der Waals surface area (Å²) in [6, 6.07) is 4.76. The Morgan fingerprint density at radius 1 is 1.29 bits per heavy atom. The maximum absolute atomic E-state index is 12.5. The second-order valence-electron chi connectivity index (χ2n) is 4.91. The van der Waals surface area contributed by atoms with Gasteiger partial charge in [0, 0.05) is 35.4 Å². The van der Waals surface area contributed by atoms with E-state index < -0.39 is 6.04 Å². The molecule has 1 aromatic rings. The summed E-state index contributed by atoms with van der Waals surface area (Å²) in [5, 5.41) is 7.46. The first kappa shape index (κ1) is 16.1. The van der Waals surface area contributed by atoms with Crippen LogP contribution in [-0.4, -0.2) is 30.0 Å². The quantitative estimate of drug-likeness (QED) is 0.810. The first-order valence-electron chi connectivity index (χ1n) is 6.26. The van der Waals surface area contributed by atoms with Crippen LogP contribution in [0, 0.1) is 0 Å². The maximum Gasteiger partial charge on any atom is 0.253 e. The minimum Gasteiger partial charge on any atom is -0.351 e. The molecule has 1 heterocycles. The van der Waals surface area contributed by atoms with Crippen molar-refractivity contribution in [2.45, 2.75) is 13.0 Å². The highest BCUT2D eigenvalue weighted by Crippen LogP contribution is 2.36. The van der Waals surface area contributed by atoms with E-state index in [-0.39, 0.29) is 5.91 Å². The highest BCUT2D eigenvalue weighted by Gasteiger charge is 2.33. The Balaban J connectivity index is 2.61. The van der Waals surface area contributed by atoms with Crippen LogP contribution in [0.2, 0.25) is 10.0 Å². The molecule has 2 N–H and O–H groups in total. The number of amides is 1. The summed E-state index contributed by atoms with van der Waals surface area (Å²) >= 11 is 17.7. The van der Waals surface area contributed by atoms with Gasteiger partial charge in [0.15, 0.2) is 5.11 Å². The summed E-state index contributed by atoms with van der Waals surface area (Å²) < 4.78 is 0. The number of likely N-dealkylation sites (N-methyl/N-ethyl adjacent to an activating group) is 1. The van der Waals surface area contributed by atoms with Gasteiger partial charge >= 0.3 is 0 Å². The van der Waals surface area contributed by atoms with Crippen LogP contribution in [0.15, 0.2) is 29.5 Å². The Hall–Kier alpha value is -1.30. The highest BCUT2D eigenvalue weighted by atomic mass is 35.5. The number of thiocarbonyl (C=S) groups is 1. The third-order valence-corrected chi connectivity index (χ3v) is 4.07. The predicted octanol–water partition coefficient (Wildman–Crippen LogP) is 2.87. The molecule has 1 aliphatic heterocycles. The average Bonchev–Trinajstić information content (AvgIpc) is 2.37. The molecule has 1 amide bonds. The Kier molecular flexibility index (Phi) is 4.76. The number of carbonyl (C=O) groups is 1. The Morgan fingerprint density at radius 2 is 1.86 bits per heavy atom. The number of halogens is 2. The third kappa shape index (κ3) is 3.15. The van der Waals surface area contributed by atoms with E-state index in [9.17, 15) is 4.79 Å². The van der Waals surface area contributed by atoms with Crippen LogP contribution in [0.25, 0.3) is 0 Å². The number of nitrogens with one attached hydrogen (secondary N) is 2. The molecule has 0 aliphatic carbocycles. The molecule has 1 aromatic carbocycles. The molecule has 21 heavy (non-hydrogen) atoms. The Bertz CT molecular complexity index is 623. The minimum atomic E-state index is -0.477. The van der Waals surface area contributed by atoms with Crippen LogP contribution < -0.4 is 10.6 Å². The molecule has 0 spiro atoms. The van der Waals surface area contributed by atoms with Crippen molar-refractivity contribution in [2.75, 3.05) is 14.1 Å². The second-order valence-corrected chi connectivity index (χ2v) is 6.13. The topological polar surface area (TPSA) is 44.4 Å². The SMILES string of the molecule is CC1=C(C(=O)N(C)C)[C@H](c2c(Cl)cccc2Cl)NC(=S)N1. The van der Waals surface area contributed by atoms with E-state index in [4.69, 9.17) is 35.4 Å². The molecular formula is C14H15Cl2N3OS. The zero-order chi connectivity index (χ0) is 15.7. The molecule has 2 rings (SSSR count). The molecule has 0 aromatic heterocycles. The van der Waals surface area contributed by atoms with E-state index >= 15 is 0 Å². The lowest BCUT2D eigenvalue weighted by Gasteiger charge is -2.32. The largest absolute Gasteiger partial charge is 0.351 e. The number of benzene rings is 1. The van der Waals surface area contributed by atoms with Gasteiger partial charge in [-0.2, -0.15) is 0 Å². The van der Waals surface area contributed by atoms with Gasteiger partial charge in [0.1, 0.15) is 0 Å². The van der Waals surface area contributed by atoms with Crippen molar-refractivity contribution in [3.63, 3.8) is 0 Å². The molecule has 0 radical (unpaired) electrons. The van der Waals surface area contributed by atoms with Gasteiger partial charge in [-0.3, -0.25) is 4.79 Å². The third-order valence-electron chi connectivity index (χ3n) is 3.19. The molecule has 112 valence electrons. The first-order valence-corrected chi connectivity index (χ1v) is 7.43. The van der Waals surface area contributed by atoms with E-state index in [0.29, 0.717) is 32.0 Å². The van der Waals surface area contributed by atoms with Gasteiger partial charge in [-0.05, 0) is 31.3 Å². The van der Waals surface area contributed by atoms with Crippen LogP contribution in [-0.2, 0) is 4.79 Å². The molecular weight excluding hydrogens is 329 g/mol. The number of carbonyl (C=O) groups excluding carboxylic acids is 1. The fourth-order valence-electron chi connectivity index (χ4n) is 2.22. The average molecular weight is 344 g/mol. The minimum absolute atomic E-state index is 0.129.